The van der Waals surface area contributed by atoms with Gasteiger partial charge in [-0.25, -0.2) is 4.98 Å². The lowest BCUT2D eigenvalue weighted by molar-refractivity contribution is 0.200. The Hall–Kier alpha value is -1.24. The predicted molar refractivity (Wildman–Crippen MR) is 122 cm³/mol. The van der Waals surface area contributed by atoms with Gasteiger partial charge in [-0.2, -0.15) is 11.8 Å². The second-order valence-corrected chi connectivity index (χ2v) is 6.32. The summed E-state index contributed by atoms with van der Waals surface area (Å²) in [6.45, 7) is 9.40. The quantitative estimate of drug-likeness (QED) is 0.432. The van der Waals surface area contributed by atoms with Gasteiger partial charge >= 0.3 is 0 Å². The van der Waals surface area contributed by atoms with Crippen molar-refractivity contribution in [2.45, 2.75) is 59.5 Å². The van der Waals surface area contributed by atoms with Gasteiger partial charge in [0.2, 0.25) is 5.88 Å². The number of thioether (sulfide) groups is 1. The molecule has 0 aromatic carbocycles. The van der Waals surface area contributed by atoms with Gasteiger partial charge in [-0.3, -0.25) is 0 Å². The fraction of sp³-hybridized carbons (Fsp3) is 0.682. The van der Waals surface area contributed by atoms with Crippen LogP contribution >= 0.6 is 11.8 Å². The van der Waals surface area contributed by atoms with E-state index in [9.17, 15) is 0 Å². The van der Waals surface area contributed by atoms with Gasteiger partial charge in [0.15, 0.2) is 0 Å². The van der Waals surface area contributed by atoms with Gasteiger partial charge in [0, 0.05) is 20.3 Å². The number of hydrogen-bond acceptors (Lipinski definition) is 6. The van der Waals surface area contributed by atoms with Gasteiger partial charge in [0.05, 0.1) is 19.4 Å². The minimum atomic E-state index is 0.119. The van der Waals surface area contributed by atoms with E-state index in [0.717, 1.165) is 44.3 Å². The topological polar surface area (TPSA) is 60.8 Å². The lowest BCUT2D eigenvalue weighted by Gasteiger charge is -2.22. The molecule has 0 radical (unpaired) electrons. The third-order valence-corrected chi connectivity index (χ3v) is 4.17. The fourth-order valence-corrected chi connectivity index (χ4v) is 2.84. The molecule has 2 rings (SSSR count). The average Bonchev–Trinajstić information content (AvgIpc) is 2.77. The molecule has 0 fully saturated rings. The average molecular weight is 416 g/mol. The number of rotatable bonds is 9. The summed E-state index contributed by atoms with van der Waals surface area (Å²) in [6, 6.07) is 3.80. The molecule has 28 heavy (non-hydrogen) atoms. The molecule has 1 N–H and O–H groups in total. The normalized spacial score (nSPS) is 14.7. The predicted octanol–water partition coefficient (Wildman–Crippen LogP) is 5.38. The summed E-state index contributed by atoms with van der Waals surface area (Å²) < 4.78 is 16.8. The van der Waals surface area contributed by atoms with E-state index >= 15 is 0 Å². The van der Waals surface area contributed by atoms with E-state index < -0.39 is 0 Å². The third-order valence-electron chi connectivity index (χ3n) is 3.48. The first kappa shape index (κ1) is 29.0. The van der Waals surface area contributed by atoms with Crippen LogP contribution in [0.3, 0.4) is 0 Å². The first-order chi connectivity index (χ1) is 13.8. The van der Waals surface area contributed by atoms with Crippen LogP contribution in [0, 0.1) is 0 Å². The van der Waals surface area contributed by atoms with Gasteiger partial charge in [-0.05, 0) is 55.4 Å². The minimum Gasteiger partial charge on any atom is -0.485 e. The summed E-state index contributed by atoms with van der Waals surface area (Å²) in [5, 5.41) is 7.00. The van der Waals surface area contributed by atoms with Crippen molar-refractivity contribution in [1.82, 2.24) is 4.98 Å². The van der Waals surface area contributed by atoms with Gasteiger partial charge < -0.3 is 19.3 Å². The van der Waals surface area contributed by atoms with Crippen LogP contribution < -0.4 is 9.47 Å². The summed E-state index contributed by atoms with van der Waals surface area (Å²) in [4.78, 5) is 4.30. The lowest BCUT2D eigenvalue weighted by atomic mass is 9.98. The highest BCUT2D eigenvalue weighted by Crippen LogP contribution is 2.23. The van der Waals surface area contributed by atoms with Crippen molar-refractivity contribution >= 4 is 11.8 Å². The van der Waals surface area contributed by atoms with Crippen LogP contribution in [0.15, 0.2) is 30.0 Å². The monoisotopic (exact) mass is 415 g/mol. The molecule has 0 spiro atoms. The van der Waals surface area contributed by atoms with Gasteiger partial charge in [0.1, 0.15) is 11.9 Å². The van der Waals surface area contributed by atoms with E-state index in [2.05, 4.69) is 17.3 Å². The number of aromatic nitrogens is 1. The van der Waals surface area contributed by atoms with E-state index in [-0.39, 0.29) is 6.10 Å². The zero-order valence-corrected chi connectivity index (χ0v) is 19.7. The zero-order chi connectivity index (χ0) is 21.6. The summed E-state index contributed by atoms with van der Waals surface area (Å²) in [7, 11) is 2.73. The maximum absolute atomic E-state index is 7.00. The van der Waals surface area contributed by atoms with E-state index in [1.807, 2.05) is 51.6 Å². The standard InChI is InChI=1S/C17H25NO3S.2C2H6.CH4O/c1-19-13-14-5-3-6-15(11-14)21-16-7-8-17(18-12-16)20-9-4-10-22-2;3*1-2/h7-8,11-12,15H,3-6,9-10,13H2,1-2H3;2*1-2H3;2H,1H3. The van der Waals surface area contributed by atoms with Crippen molar-refractivity contribution in [3.05, 3.63) is 30.0 Å². The molecule has 0 aliphatic heterocycles. The molecular weight excluding hydrogens is 374 g/mol. The Labute approximate surface area is 176 Å². The van der Waals surface area contributed by atoms with Crippen LogP contribution in [-0.4, -0.2) is 55.6 Å². The molecule has 164 valence electrons. The van der Waals surface area contributed by atoms with Crippen LogP contribution in [0.2, 0.25) is 0 Å². The zero-order valence-electron chi connectivity index (χ0n) is 18.9. The van der Waals surface area contributed by atoms with Gasteiger partial charge in [-0.1, -0.05) is 27.7 Å². The number of pyridine rings is 1. The van der Waals surface area contributed by atoms with Crippen LogP contribution in [-0.2, 0) is 4.74 Å². The van der Waals surface area contributed by atoms with Crippen molar-refractivity contribution < 1.29 is 19.3 Å². The van der Waals surface area contributed by atoms with Gasteiger partial charge in [0.25, 0.3) is 0 Å². The van der Waals surface area contributed by atoms with Gasteiger partial charge in [-0.15, -0.1) is 0 Å². The van der Waals surface area contributed by atoms with E-state index in [4.69, 9.17) is 19.3 Å². The smallest absolute Gasteiger partial charge is 0.213 e. The maximum atomic E-state index is 7.00. The Balaban J connectivity index is 0. The minimum absolute atomic E-state index is 0.119. The number of aliphatic hydroxyl groups is 1. The molecule has 1 aromatic heterocycles. The molecule has 0 amide bonds. The van der Waals surface area contributed by atoms with E-state index in [1.165, 1.54) is 5.57 Å². The van der Waals surface area contributed by atoms with Crippen LogP contribution in [0.1, 0.15) is 53.4 Å². The lowest BCUT2D eigenvalue weighted by Crippen LogP contribution is -2.19. The Morgan fingerprint density at radius 3 is 2.46 bits per heavy atom. The highest BCUT2D eigenvalue weighted by atomic mass is 32.2. The molecule has 1 heterocycles. The molecule has 1 aliphatic rings. The third kappa shape index (κ3) is 13.9. The Morgan fingerprint density at radius 1 is 1.18 bits per heavy atom. The molecule has 0 bridgehead atoms. The molecule has 1 atom stereocenters. The number of hydrogen-bond donors (Lipinski definition) is 1. The van der Waals surface area contributed by atoms with Crippen LogP contribution in [0.25, 0.3) is 0 Å². The molecule has 0 saturated carbocycles. The second-order valence-electron chi connectivity index (χ2n) is 5.33. The number of methoxy groups -OCH3 is 1. The highest BCUT2D eigenvalue weighted by Gasteiger charge is 2.15. The van der Waals surface area contributed by atoms with Crippen molar-refractivity contribution in [3.63, 3.8) is 0 Å². The highest BCUT2D eigenvalue weighted by molar-refractivity contribution is 7.98. The summed E-state index contributed by atoms with van der Waals surface area (Å²) in [5.74, 6) is 2.56. The molecule has 5 nitrogen and oxygen atoms in total. The maximum Gasteiger partial charge on any atom is 0.213 e. The van der Waals surface area contributed by atoms with E-state index in [1.54, 1.807) is 13.3 Å². The summed E-state index contributed by atoms with van der Waals surface area (Å²) >= 11 is 1.83. The van der Waals surface area contributed by atoms with Crippen molar-refractivity contribution in [2.75, 3.05) is 39.4 Å². The van der Waals surface area contributed by atoms with E-state index in [0.29, 0.717) is 19.1 Å². The first-order valence-electron chi connectivity index (χ1n) is 10.2. The van der Waals surface area contributed by atoms with Crippen LogP contribution in [0.4, 0.5) is 0 Å². The number of aliphatic hydroxyl groups excluding tert-OH is 1. The molecule has 0 saturated heterocycles. The number of nitrogens with zero attached hydrogens (tertiary/aromatic N) is 1. The largest absolute Gasteiger partial charge is 0.485 e. The Morgan fingerprint density at radius 2 is 1.89 bits per heavy atom. The summed E-state index contributed by atoms with van der Waals surface area (Å²) in [6.07, 6.45) is 10.5. The molecule has 1 unspecified atom stereocenters. The van der Waals surface area contributed by atoms with Crippen LogP contribution in [0.5, 0.6) is 11.6 Å². The van der Waals surface area contributed by atoms with Crippen molar-refractivity contribution in [2.24, 2.45) is 0 Å². The molecular formula is C22H41NO4S. The Bertz CT molecular complexity index is 466. The summed E-state index contributed by atoms with van der Waals surface area (Å²) in [5.41, 5.74) is 1.32. The molecule has 1 aromatic rings. The Kier molecular flexibility index (Phi) is 22.8. The van der Waals surface area contributed by atoms with Crippen molar-refractivity contribution in [1.29, 1.82) is 0 Å². The van der Waals surface area contributed by atoms with Crippen molar-refractivity contribution in [3.8, 4) is 11.6 Å². The first-order valence-corrected chi connectivity index (χ1v) is 11.6. The fourth-order valence-electron chi connectivity index (χ4n) is 2.44. The SMILES string of the molecule is CC.CC.CO.COCC1=CC(Oc2ccc(OCCCSC)nc2)CCC1. The second kappa shape index (κ2) is 22.1. The number of ether oxygens (including phenoxy) is 3. The molecule has 6 heteroatoms. The molecule has 1 aliphatic carbocycles.